The van der Waals surface area contributed by atoms with E-state index in [4.69, 9.17) is 0 Å². The molecule has 0 saturated heterocycles. The van der Waals surface area contributed by atoms with E-state index in [-0.39, 0.29) is 0 Å². The molecule has 0 spiro atoms. The lowest BCUT2D eigenvalue weighted by atomic mass is 10.4. The average molecular weight is 193 g/mol. The summed E-state index contributed by atoms with van der Waals surface area (Å²) in [6.45, 7) is 3.59. The van der Waals surface area contributed by atoms with Crippen LogP contribution in [0.4, 0.5) is 0 Å². The quantitative estimate of drug-likeness (QED) is 0.636. The largest absolute Gasteiger partial charge is 0.318 e. The zero-order valence-corrected chi connectivity index (χ0v) is 8.66. The van der Waals surface area contributed by atoms with E-state index in [0.717, 1.165) is 11.0 Å². The van der Waals surface area contributed by atoms with Gasteiger partial charge in [-0.2, -0.15) is 0 Å². The second-order valence-electron chi connectivity index (χ2n) is 3.54. The molecule has 0 fully saturated rings. The number of nitrogens with zero attached hydrogens (tertiary/aromatic N) is 1. The molecule has 3 heteroatoms. The highest BCUT2D eigenvalue weighted by molar-refractivity contribution is 7.69. The summed E-state index contributed by atoms with van der Waals surface area (Å²) in [4.78, 5) is 0. The van der Waals surface area contributed by atoms with Crippen molar-refractivity contribution in [2.45, 2.75) is 0 Å². The Bertz CT molecular complexity index is 480. The Hall–Kier alpha value is -1.01. The van der Waals surface area contributed by atoms with Gasteiger partial charge in [-0.05, 0) is 37.6 Å². The van der Waals surface area contributed by atoms with Crippen molar-refractivity contribution in [3.63, 3.8) is 0 Å². The topological polar surface area (TPSA) is 21.5 Å². The second-order valence-corrected chi connectivity index (χ2v) is 6.70. The number of rotatable bonds is 1. The molecule has 2 nitrogen and oxygen atoms in total. The molecule has 2 aromatic rings. The van der Waals surface area contributed by atoms with Crippen molar-refractivity contribution in [2.24, 2.45) is 0 Å². The van der Waals surface area contributed by atoms with Crippen molar-refractivity contribution in [2.75, 3.05) is 13.3 Å². The zero-order chi connectivity index (χ0) is 9.47. The number of hydrogen-bond acceptors (Lipinski definition) is 1. The minimum Gasteiger partial charge on any atom is -0.318 e. The summed E-state index contributed by atoms with van der Waals surface area (Å²) < 4.78 is 13.9. The Balaban J connectivity index is 2.79. The first kappa shape index (κ1) is 8.58. The maximum absolute atomic E-state index is 11.9. The second kappa shape index (κ2) is 2.74. The average Bonchev–Trinajstić information content (AvgIpc) is 2.45. The maximum atomic E-state index is 11.9. The molecule has 68 valence electrons. The first-order valence-electron chi connectivity index (χ1n) is 4.21. The van der Waals surface area contributed by atoms with Gasteiger partial charge in [0.15, 0.2) is 0 Å². The van der Waals surface area contributed by atoms with Gasteiger partial charge in [-0.1, -0.05) is 6.07 Å². The van der Waals surface area contributed by atoms with Crippen LogP contribution in [-0.2, 0) is 4.57 Å². The third-order valence-electron chi connectivity index (χ3n) is 2.09. The fraction of sp³-hybridized carbons (Fsp3) is 0.200. The van der Waals surface area contributed by atoms with Crippen molar-refractivity contribution in [1.29, 1.82) is 0 Å². The maximum Gasteiger partial charge on any atom is 0.125 e. The van der Waals surface area contributed by atoms with E-state index >= 15 is 0 Å². The summed E-state index contributed by atoms with van der Waals surface area (Å²) in [5.74, 6) is 0. The fourth-order valence-electron chi connectivity index (χ4n) is 1.48. The van der Waals surface area contributed by atoms with E-state index in [1.807, 2.05) is 40.9 Å². The Labute approximate surface area is 77.6 Å². The molecule has 0 aliphatic carbocycles. The first-order valence-corrected chi connectivity index (χ1v) is 6.81. The molecule has 2 heterocycles. The molecule has 2 rings (SSSR count). The molecular formula is C10H12NOP. The van der Waals surface area contributed by atoms with Crippen LogP contribution in [0.3, 0.4) is 0 Å². The number of hydrogen-bond donors (Lipinski definition) is 0. The van der Waals surface area contributed by atoms with Crippen LogP contribution in [0.5, 0.6) is 0 Å². The van der Waals surface area contributed by atoms with Crippen LogP contribution in [0.15, 0.2) is 36.5 Å². The lowest BCUT2D eigenvalue weighted by molar-refractivity contribution is 0.587. The van der Waals surface area contributed by atoms with Crippen LogP contribution in [0.2, 0.25) is 0 Å². The SMILES string of the molecule is CP(C)(=O)c1ccc2ccccn12. The van der Waals surface area contributed by atoms with Crippen molar-refractivity contribution in [3.8, 4) is 0 Å². The lowest BCUT2D eigenvalue weighted by Crippen LogP contribution is -2.08. The summed E-state index contributed by atoms with van der Waals surface area (Å²) >= 11 is 0. The van der Waals surface area contributed by atoms with Crippen molar-refractivity contribution < 1.29 is 4.57 Å². The van der Waals surface area contributed by atoms with E-state index in [1.54, 1.807) is 13.3 Å². The molecule has 13 heavy (non-hydrogen) atoms. The molecule has 0 saturated carbocycles. The third-order valence-corrected chi connectivity index (χ3v) is 3.56. The van der Waals surface area contributed by atoms with Gasteiger partial charge >= 0.3 is 0 Å². The minimum absolute atomic E-state index is 0.920. The highest BCUT2D eigenvalue weighted by Crippen LogP contribution is 2.34. The molecule has 0 atom stereocenters. The van der Waals surface area contributed by atoms with E-state index in [0.29, 0.717) is 0 Å². The van der Waals surface area contributed by atoms with E-state index < -0.39 is 7.14 Å². The van der Waals surface area contributed by atoms with Crippen molar-refractivity contribution in [3.05, 3.63) is 36.5 Å². The van der Waals surface area contributed by atoms with Gasteiger partial charge in [0.05, 0.1) is 5.44 Å². The van der Waals surface area contributed by atoms with Crippen LogP contribution in [0.1, 0.15) is 0 Å². The summed E-state index contributed by atoms with van der Waals surface area (Å²) in [5, 5.41) is 0. The van der Waals surface area contributed by atoms with Gasteiger partial charge in [-0.25, -0.2) is 0 Å². The fourth-order valence-corrected chi connectivity index (χ4v) is 2.61. The number of pyridine rings is 1. The Morgan fingerprint density at radius 3 is 2.62 bits per heavy atom. The molecular weight excluding hydrogens is 181 g/mol. The predicted octanol–water partition coefficient (Wildman–Crippen LogP) is 2.19. The molecule has 0 unspecified atom stereocenters. The number of fused-ring (bicyclic) bond motifs is 1. The Morgan fingerprint density at radius 1 is 1.15 bits per heavy atom. The van der Waals surface area contributed by atoms with Crippen LogP contribution in [0, 0.1) is 0 Å². The van der Waals surface area contributed by atoms with Gasteiger partial charge in [0, 0.05) is 11.7 Å². The predicted molar refractivity (Wildman–Crippen MR) is 56.5 cm³/mol. The summed E-state index contributed by atoms with van der Waals surface area (Å²) in [6.07, 6.45) is 1.95. The molecule has 0 aliphatic rings. The highest BCUT2D eigenvalue weighted by Gasteiger charge is 2.14. The van der Waals surface area contributed by atoms with Crippen LogP contribution < -0.4 is 5.44 Å². The Morgan fingerprint density at radius 2 is 1.92 bits per heavy atom. The molecule has 2 aromatic heterocycles. The molecule has 0 aromatic carbocycles. The van der Waals surface area contributed by atoms with Crippen LogP contribution in [-0.4, -0.2) is 17.7 Å². The molecule has 0 bridgehead atoms. The van der Waals surface area contributed by atoms with E-state index in [9.17, 15) is 4.57 Å². The Kier molecular flexibility index (Phi) is 1.81. The third kappa shape index (κ3) is 1.42. The lowest BCUT2D eigenvalue weighted by Gasteiger charge is -2.06. The first-order chi connectivity index (χ1) is 6.09. The number of aromatic nitrogens is 1. The van der Waals surface area contributed by atoms with Gasteiger partial charge in [0.1, 0.15) is 7.14 Å². The van der Waals surface area contributed by atoms with Crippen molar-refractivity contribution >= 4 is 18.1 Å². The normalized spacial score (nSPS) is 12.2. The smallest absolute Gasteiger partial charge is 0.125 e. The van der Waals surface area contributed by atoms with Crippen LogP contribution >= 0.6 is 7.14 Å². The van der Waals surface area contributed by atoms with E-state index in [2.05, 4.69) is 0 Å². The standard InChI is InChI=1S/C10H12NOP/c1-13(2,12)10-7-6-9-5-3-4-8-11(9)10/h3-8H,1-2H3. The van der Waals surface area contributed by atoms with Gasteiger partial charge in [0.2, 0.25) is 0 Å². The van der Waals surface area contributed by atoms with Crippen molar-refractivity contribution in [1.82, 2.24) is 4.40 Å². The van der Waals surface area contributed by atoms with E-state index in [1.165, 1.54) is 0 Å². The van der Waals surface area contributed by atoms with Gasteiger partial charge in [-0.3, -0.25) is 0 Å². The summed E-state index contributed by atoms with van der Waals surface area (Å²) in [6, 6.07) is 9.88. The molecule has 0 radical (unpaired) electrons. The summed E-state index contributed by atoms with van der Waals surface area (Å²) in [7, 11) is -2.15. The van der Waals surface area contributed by atoms with Gasteiger partial charge in [-0.15, -0.1) is 0 Å². The van der Waals surface area contributed by atoms with Gasteiger partial charge in [0.25, 0.3) is 0 Å². The monoisotopic (exact) mass is 193 g/mol. The van der Waals surface area contributed by atoms with Gasteiger partial charge < -0.3 is 8.97 Å². The summed E-state index contributed by atoms with van der Waals surface area (Å²) in [5.41, 5.74) is 2.02. The molecule has 0 aliphatic heterocycles. The minimum atomic E-state index is -2.15. The highest BCUT2D eigenvalue weighted by atomic mass is 31.2. The van der Waals surface area contributed by atoms with Crippen LogP contribution in [0.25, 0.3) is 5.52 Å². The molecule has 0 N–H and O–H groups in total. The molecule has 0 amide bonds. The zero-order valence-electron chi connectivity index (χ0n) is 7.77.